The van der Waals surface area contributed by atoms with Crippen LogP contribution in [-0.4, -0.2) is 8.67 Å². The van der Waals surface area contributed by atoms with Gasteiger partial charge >= 0.3 is 0 Å². The van der Waals surface area contributed by atoms with Gasteiger partial charge in [0.25, 0.3) is 0 Å². The smallest absolute Gasteiger partial charge is 0.0914 e. The predicted octanol–water partition coefficient (Wildman–Crippen LogP) is 14.2. The molecule has 0 radical (unpaired) electrons. The SMILES string of the molecule is ClC1=C(Cl)C(Cl)(Cl)C(Cl)(Cl)C(Cl)=C1Cl.c1ccccc1.c1ccccc1.c1ccccc1.c1ccccc1.c1ccccc1. The molecule has 0 atom stereocenters. The lowest BCUT2D eigenvalue weighted by atomic mass is 10.1. The van der Waals surface area contributed by atoms with Crippen LogP contribution in [0.25, 0.3) is 0 Å². The van der Waals surface area contributed by atoms with Crippen molar-refractivity contribution in [3.8, 4) is 0 Å². The van der Waals surface area contributed by atoms with Gasteiger partial charge in [0.2, 0.25) is 0 Å². The van der Waals surface area contributed by atoms with Crippen LogP contribution >= 0.6 is 92.8 Å². The third-order valence-electron chi connectivity index (χ3n) is 4.86. The number of hydrogen-bond donors (Lipinski definition) is 0. The summed E-state index contributed by atoms with van der Waals surface area (Å²) in [5.41, 5.74) is 0. The largest absolute Gasteiger partial charge is 0.192 e. The molecule has 0 heterocycles. The molecule has 0 N–H and O–H groups in total. The number of allylic oxidation sites excluding steroid dienone is 4. The van der Waals surface area contributed by atoms with Gasteiger partial charge in [-0.25, -0.2) is 0 Å². The van der Waals surface area contributed by atoms with Gasteiger partial charge < -0.3 is 0 Å². The molecular formula is C36H30Cl8. The summed E-state index contributed by atoms with van der Waals surface area (Å²) in [5, 5.41) is -0.468. The topological polar surface area (TPSA) is 0 Å². The Morgan fingerprint density at radius 3 is 0.409 bits per heavy atom. The number of rotatable bonds is 0. The maximum atomic E-state index is 5.82. The first-order chi connectivity index (χ1) is 21.1. The molecule has 0 saturated heterocycles. The van der Waals surface area contributed by atoms with E-state index in [1.807, 2.05) is 182 Å². The van der Waals surface area contributed by atoms with Gasteiger partial charge in [-0.3, -0.25) is 0 Å². The molecule has 5 aromatic carbocycles. The Morgan fingerprint density at radius 2 is 0.318 bits per heavy atom. The van der Waals surface area contributed by atoms with E-state index in [0.29, 0.717) is 0 Å². The maximum Gasteiger partial charge on any atom is 0.192 e. The molecule has 0 fully saturated rings. The van der Waals surface area contributed by atoms with Gasteiger partial charge in [-0.05, 0) is 0 Å². The molecule has 0 aliphatic heterocycles. The first-order valence-electron chi connectivity index (χ1n) is 13.0. The molecule has 1 aliphatic rings. The van der Waals surface area contributed by atoms with E-state index in [1.54, 1.807) is 0 Å². The number of halogens is 8. The quantitative estimate of drug-likeness (QED) is 0.139. The Kier molecular flexibility index (Phi) is 21.9. The van der Waals surface area contributed by atoms with Gasteiger partial charge in [0.05, 0.1) is 20.1 Å². The molecular weight excluding hydrogens is 716 g/mol. The highest BCUT2D eigenvalue weighted by Crippen LogP contribution is 2.60. The Hall–Kier alpha value is -2.10. The summed E-state index contributed by atoms with van der Waals surface area (Å²) in [7, 11) is 0. The monoisotopic (exact) mass is 742 g/mol. The second-order valence-electron chi connectivity index (χ2n) is 8.18. The lowest BCUT2D eigenvalue weighted by molar-refractivity contribution is 0.858. The molecule has 0 bridgehead atoms. The van der Waals surface area contributed by atoms with Crippen LogP contribution in [0.5, 0.6) is 0 Å². The van der Waals surface area contributed by atoms with Gasteiger partial charge in [0, 0.05) is 0 Å². The van der Waals surface area contributed by atoms with Crippen molar-refractivity contribution in [2.24, 2.45) is 0 Å². The van der Waals surface area contributed by atoms with Gasteiger partial charge in [0.15, 0.2) is 8.67 Å². The minimum absolute atomic E-state index is 0.0692. The Morgan fingerprint density at radius 1 is 0.227 bits per heavy atom. The highest BCUT2D eigenvalue weighted by atomic mass is 35.5. The summed E-state index contributed by atoms with van der Waals surface area (Å²) in [6.07, 6.45) is 0. The molecule has 0 unspecified atom stereocenters. The van der Waals surface area contributed by atoms with E-state index in [2.05, 4.69) is 0 Å². The van der Waals surface area contributed by atoms with Crippen LogP contribution < -0.4 is 0 Å². The van der Waals surface area contributed by atoms with Crippen molar-refractivity contribution in [1.29, 1.82) is 0 Å². The summed E-state index contributed by atoms with van der Waals surface area (Å²) in [5.74, 6) is 0. The van der Waals surface area contributed by atoms with E-state index in [9.17, 15) is 0 Å². The van der Waals surface area contributed by atoms with Gasteiger partial charge in [-0.15, -0.1) is 0 Å². The predicted molar refractivity (Wildman–Crippen MR) is 199 cm³/mol. The molecule has 0 nitrogen and oxygen atoms in total. The third-order valence-corrected chi connectivity index (χ3v) is 9.51. The second-order valence-corrected chi connectivity index (χ2v) is 12.3. The van der Waals surface area contributed by atoms with Crippen molar-refractivity contribution in [3.63, 3.8) is 0 Å². The van der Waals surface area contributed by atoms with Crippen LogP contribution in [0, 0.1) is 0 Å². The fourth-order valence-electron chi connectivity index (χ4n) is 2.67. The van der Waals surface area contributed by atoms with Crippen molar-refractivity contribution in [2.45, 2.75) is 8.67 Å². The van der Waals surface area contributed by atoms with Crippen molar-refractivity contribution < 1.29 is 0 Å². The fourth-order valence-corrected chi connectivity index (χ4v) is 4.85. The van der Waals surface area contributed by atoms with Crippen LogP contribution in [0.3, 0.4) is 0 Å². The van der Waals surface area contributed by atoms with E-state index < -0.39 is 8.67 Å². The van der Waals surface area contributed by atoms with Crippen molar-refractivity contribution in [2.75, 3.05) is 0 Å². The minimum Gasteiger partial charge on any atom is -0.0914 e. The molecule has 5 aromatic rings. The number of hydrogen-bond acceptors (Lipinski definition) is 0. The lowest BCUT2D eigenvalue weighted by Gasteiger charge is -2.36. The molecule has 0 spiro atoms. The van der Waals surface area contributed by atoms with E-state index in [0.717, 1.165) is 0 Å². The van der Waals surface area contributed by atoms with E-state index in [4.69, 9.17) is 92.8 Å². The summed E-state index contributed by atoms with van der Waals surface area (Å²) >= 11 is 46.2. The van der Waals surface area contributed by atoms with Crippen LogP contribution in [0.15, 0.2) is 202 Å². The minimum atomic E-state index is -1.83. The normalized spacial score (nSPS) is 13.6. The van der Waals surface area contributed by atoms with Gasteiger partial charge in [0.1, 0.15) is 0 Å². The second kappa shape index (κ2) is 24.2. The summed E-state index contributed by atoms with van der Waals surface area (Å²) in [6, 6.07) is 60.0. The number of benzene rings is 5. The zero-order valence-electron chi connectivity index (χ0n) is 23.3. The Bertz CT molecular complexity index is 1060. The fraction of sp³-hybridized carbons (Fsp3) is 0.0556. The van der Waals surface area contributed by atoms with Crippen LogP contribution in [0.2, 0.25) is 0 Å². The van der Waals surface area contributed by atoms with E-state index >= 15 is 0 Å². The highest BCUT2D eigenvalue weighted by Gasteiger charge is 2.56. The van der Waals surface area contributed by atoms with Crippen LogP contribution in [0.1, 0.15) is 0 Å². The van der Waals surface area contributed by atoms with E-state index in [-0.39, 0.29) is 20.1 Å². The zero-order valence-corrected chi connectivity index (χ0v) is 29.4. The average molecular weight is 746 g/mol. The molecule has 1 aliphatic carbocycles. The van der Waals surface area contributed by atoms with Crippen molar-refractivity contribution in [1.82, 2.24) is 0 Å². The molecule has 6 rings (SSSR count). The summed E-state index contributed by atoms with van der Waals surface area (Å²) < 4.78 is -3.66. The lowest BCUT2D eigenvalue weighted by Crippen LogP contribution is -2.40. The highest BCUT2D eigenvalue weighted by molar-refractivity contribution is 6.72. The first kappa shape index (κ1) is 39.9. The zero-order chi connectivity index (χ0) is 32.5. The maximum absolute atomic E-state index is 5.82. The molecule has 230 valence electrons. The number of alkyl halides is 4. The summed E-state index contributed by atoms with van der Waals surface area (Å²) in [4.78, 5) is 0. The van der Waals surface area contributed by atoms with Gasteiger partial charge in [-0.1, -0.05) is 275 Å². The summed E-state index contributed by atoms with van der Waals surface area (Å²) in [6.45, 7) is 0. The molecule has 0 aromatic heterocycles. The standard InChI is InChI=1S/C6Cl8.5C6H6/c7-1-2(8)4(10)6(13,14)5(11,12)3(1)9;5*1-2-4-6-5-3-1/h;5*1-6H. The Balaban J connectivity index is 0.000000276. The van der Waals surface area contributed by atoms with Crippen LogP contribution in [-0.2, 0) is 0 Å². The van der Waals surface area contributed by atoms with Crippen LogP contribution in [0.4, 0.5) is 0 Å². The molecule has 44 heavy (non-hydrogen) atoms. The molecule has 0 saturated carbocycles. The first-order valence-corrected chi connectivity index (χ1v) is 16.0. The van der Waals surface area contributed by atoms with Crippen molar-refractivity contribution >= 4 is 92.8 Å². The Labute approximate surface area is 301 Å². The van der Waals surface area contributed by atoms with E-state index in [1.165, 1.54) is 0 Å². The third kappa shape index (κ3) is 16.3. The van der Waals surface area contributed by atoms with Gasteiger partial charge in [-0.2, -0.15) is 0 Å². The molecule has 8 heteroatoms. The molecule has 0 amide bonds. The van der Waals surface area contributed by atoms with Crippen molar-refractivity contribution in [3.05, 3.63) is 202 Å². The average Bonchev–Trinajstić information content (AvgIpc) is 3.11.